The molecule has 3 rings (SSSR count). The van der Waals surface area contributed by atoms with Crippen LogP contribution >= 0.6 is 0 Å². The minimum Gasteiger partial charge on any atom is -0.480 e. The van der Waals surface area contributed by atoms with Crippen LogP contribution < -0.4 is 5.32 Å². The van der Waals surface area contributed by atoms with Crippen LogP contribution in [0.15, 0.2) is 18.2 Å². The van der Waals surface area contributed by atoms with Gasteiger partial charge in [-0.05, 0) is 56.4 Å². The minimum absolute atomic E-state index is 0.0754. The van der Waals surface area contributed by atoms with E-state index in [9.17, 15) is 14.7 Å². The average Bonchev–Trinajstić information content (AvgIpc) is 3.24. The van der Waals surface area contributed by atoms with Crippen molar-refractivity contribution < 1.29 is 14.7 Å². The normalized spacial score (nSPS) is 15.9. The molecule has 110 valence electrons. The predicted octanol–water partition coefficient (Wildman–Crippen LogP) is 2.38. The summed E-state index contributed by atoms with van der Waals surface area (Å²) in [5, 5.41) is 12.8. The number of fused-ring (bicyclic) bond motifs is 1. The predicted molar refractivity (Wildman–Crippen MR) is 79.4 cm³/mol. The van der Waals surface area contributed by atoms with Gasteiger partial charge in [0.25, 0.3) is 5.91 Å². The fraction of sp³-hybridized carbons (Fsp3) is 0.375. The maximum absolute atomic E-state index is 12.3. The van der Waals surface area contributed by atoms with Gasteiger partial charge in [-0.25, -0.2) is 4.79 Å². The van der Waals surface area contributed by atoms with E-state index >= 15 is 0 Å². The van der Waals surface area contributed by atoms with E-state index in [1.165, 1.54) is 0 Å². The summed E-state index contributed by atoms with van der Waals surface area (Å²) in [5.74, 6) is -1.21. The molecule has 1 amide bonds. The Kier molecular flexibility index (Phi) is 3.20. The molecule has 1 aliphatic carbocycles. The zero-order valence-electron chi connectivity index (χ0n) is 12.1. The Hall–Kier alpha value is -2.30. The van der Waals surface area contributed by atoms with E-state index in [-0.39, 0.29) is 11.8 Å². The number of aromatic nitrogens is 1. The molecule has 5 heteroatoms. The molecule has 1 saturated carbocycles. The largest absolute Gasteiger partial charge is 0.480 e. The van der Waals surface area contributed by atoms with Crippen molar-refractivity contribution in [3.63, 3.8) is 0 Å². The average molecular weight is 286 g/mol. The van der Waals surface area contributed by atoms with Crippen LogP contribution in [0.4, 0.5) is 0 Å². The number of benzene rings is 1. The molecule has 1 aliphatic rings. The summed E-state index contributed by atoms with van der Waals surface area (Å²) >= 11 is 0. The number of carbonyl (C=O) groups is 2. The smallest absolute Gasteiger partial charge is 0.326 e. The summed E-state index contributed by atoms with van der Waals surface area (Å²) in [7, 11) is 0. The fourth-order valence-corrected chi connectivity index (χ4v) is 2.64. The maximum Gasteiger partial charge on any atom is 0.326 e. The Bertz CT molecular complexity index is 728. The van der Waals surface area contributed by atoms with Gasteiger partial charge >= 0.3 is 5.97 Å². The zero-order chi connectivity index (χ0) is 15.1. The highest BCUT2D eigenvalue weighted by molar-refractivity contribution is 6.00. The molecule has 1 aromatic carbocycles. The molecule has 1 fully saturated rings. The lowest BCUT2D eigenvalue weighted by molar-refractivity contribution is -0.139. The van der Waals surface area contributed by atoms with E-state index < -0.39 is 12.0 Å². The molecule has 21 heavy (non-hydrogen) atoms. The van der Waals surface area contributed by atoms with Crippen LogP contribution in [0.1, 0.15) is 34.5 Å². The number of nitrogens with one attached hydrogen (secondary N) is 2. The summed E-state index contributed by atoms with van der Waals surface area (Å²) in [5.41, 5.74) is 3.66. The molecule has 0 spiro atoms. The molecule has 3 N–H and O–H groups in total. The molecular formula is C16H18N2O3. The second-order valence-corrected chi connectivity index (χ2v) is 5.76. The SMILES string of the molecule is Cc1[nH]c2ccc(C(=O)NC(C(=O)O)C3CC3)cc2c1C. The second-order valence-electron chi connectivity index (χ2n) is 5.76. The Morgan fingerprint density at radius 1 is 1.33 bits per heavy atom. The van der Waals surface area contributed by atoms with Crippen molar-refractivity contribution in [3.05, 3.63) is 35.0 Å². The number of carbonyl (C=O) groups excluding carboxylic acids is 1. The molecule has 0 bridgehead atoms. The van der Waals surface area contributed by atoms with E-state index in [1.54, 1.807) is 6.07 Å². The lowest BCUT2D eigenvalue weighted by Crippen LogP contribution is -2.42. The third kappa shape index (κ3) is 2.51. The number of carboxylic acids is 1. The van der Waals surface area contributed by atoms with Crippen LogP contribution in [0, 0.1) is 19.8 Å². The van der Waals surface area contributed by atoms with Crippen LogP contribution in [0.5, 0.6) is 0 Å². The van der Waals surface area contributed by atoms with Gasteiger partial charge in [-0.1, -0.05) is 0 Å². The van der Waals surface area contributed by atoms with Crippen LogP contribution in [0.3, 0.4) is 0 Å². The van der Waals surface area contributed by atoms with Crippen molar-refractivity contribution in [1.82, 2.24) is 10.3 Å². The van der Waals surface area contributed by atoms with Gasteiger partial charge in [-0.2, -0.15) is 0 Å². The molecule has 0 aliphatic heterocycles. The molecule has 2 aromatic rings. The topological polar surface area (TPSA) is 82.2 Å². The highest BCUT2D eigenvalue weighted by Crippen LogP contribution is 2.33. The van der Waals surface area contributed by atoms with Gasteiger partial charge in [0.05, 0.1) is 0 Å². The Morgan fingerprint density at radius 3 is 2.67 bits per heavy atom. The molecular weight excluding hydrogens is 268 g/mol. The third-order valence-corrected chi connectivity index (χ3v) is 4.22. The molecule has 1 atom stereocenters. The summed E-state index contributed by atoms with van der Waals surface area (Å²) in [6.07, 6.45) is 1.73. The first-order valence-electron chi connectivity index (χ1n) is 7.10. The first-order chi connectivity index (χ1) is 9.97. The zero-order valence-corrected chi connectivity index (χ0v) is 12.1. The molecule has 5 nitrogen and oxygen atoms in total. The van der Waals surface area contributed by atoms with E-state index in [1.807, 2.05) is 26.0 Å². The second kappa shape index (κ2) is 4.91. The Morgan fingerprint density at radius 2 is 2.05 bits per heavy atom. The van der Waals surface area contributed by atoms with Crippen LogP contribution in [0.25, 0.3) is 10.9 Å². The molecule has 0 radical (unpaired) electrons. The van der Waals surface area contributed by atoms with Gasteiger partial charge in [0.2, 0.25) is 0 Å². The Labute approximate surface area is 122 Å². The van der Waals surface area contributed by atoms with Crippen LogP contribution in [0.2, 0.25) is 0 Å². The molecule has 1 unspecified atom stereocenters. The van der Waals surface area contributed by atoms with Gasteiger partial charge in [0.1, 0.15) is 6.04 Å². The highest BCUT2D eigenvalue weighted by Gasteiger charge is 2.37. The summed E-state index contributed by atoms with van der Waals surface area (Å²) < 4.78 is 0. The number of aryl methyl sites for hydroxylation is 2. The van der Waals surface area contributed by atoms with Crippen molar-refractivity contribution in [3.8, 4) is 0 Å². The van der Waals surface area contributed by atoms with E-state index in [2.05, 4.69) is 10.3 Å². The van der Waals surface area contributed by atoms with E-state index in [4.69, 9.17) is 0 Å². The summed E-state index contributed by atoms with van der Waals surface area (Å²) in [6.45, 7) is 3.99. The minimum atomic E-state index is -0.958. The molecule has 0 saturated heterocycles. The maximum atomic E-state index is 12.3. The monoisotopic (exact) mass is 286 g/mol. The van der Waals surface area contributed by atoms with Crippen LogP contribution in [-0.4, -0.2) is 28.0 Å². The first-order valence-corrected chi connectivity index (χ1v) is 7.10. The van der Waals surface area contributed by atoms with Gasteiger partial charge in [0.15, 0.2) is 0 Å². The number of hydrogen-bond donors (Lipinski definition) is 3. The number of H-pyrrole nitrogens is 1. The lowest BCUT2D eigenvalue weighted by Gasteiger charge is -2.13. The van der Waals surface area contributed by atoms with Crippen molar-refractivity contribution in [2.45, 2.75) is 32.7 Å². The van der Waals surface area contributed by atoms with E-state index in [0.29, 0.717) is 5.56 Å². The first kappa shape index (κ1) is 13.7. The number of carboxylic acid groups (broad SMARTS) is 1. The summed E-state index contributed by atoms with van der Waals surface area (Å²) in [4.78, 5) is 26.7. The quantitative estimate of drug-likeness (QED) is 0.807. The van der Waals surface area contributed by atoms with Gasteiger partial charge in [-0.3, -0.25) is 4.79 Å². The highest BCUT2D eigenvalue weighted by atomic mass is 16.4. The van der Waals surface area contributed by atoms with Gasteiger partial charge < -0.3 is 15.4 Å². The Balaban J connectivity index is 1.87. The number of aliphatic carboxylic acids is 1. The number of aromatic amines is 1. The molecule has 1 aromatic heterocycles. The van der Waals surface area contributed by atoms with Gasteiger partial charge in [-0.15, -0.1) is 0 Å². The third-order valence-electron chi connectivity index (χ3n) is 4.22. The lowest BCUT2D eigenvalue weighted by atomic mass is 10.1. The standard InChI is InChI=1S/C16H18N2O3/c1-8-9(2)17-13-6-5-11(7-12(8)13)15(19)18-14(16(20)21)10-3-4-10/h5-7,10,14,17H,3-4H2,1-2H3,(H,18,19)(H,20,21). The van der Waals surface area contributed by atoms with Crippen molar-refractivity contribution in [2.24, 2.45) is 5.92 Å². The van der Waals surface area contributed by atoms with E-state index in [0.717, 1.165) is 35.0 Å². The van der Waals surface area contributed by atoms with Crippen LogP contribution in [-0.2, 0) is 4.79 Å². The fourth-order valence-electron chi connectivity index (χ4n) is 2.64. The van der Waals surface area contributed by atoms with Crippen molar-refractivity contribution in [1.29, 1.82) is 0 Å². The summed E-state index contributed by atoms with van der Waals surface area (Å²) in [6, 6.07) is 4.62. The van der Waals surface area contributed by atoms with Crippen molar-refractivity contribution in [2.75, 3.05) is 0 Å². The number of amides is 1. The van der Waals surface area contributed by atoms with Crippen molar-refractivity contribution >= 4 is 22.8 Å². The number of hydrogen-bond acceptors (Lipinski definition) is 2. The number of rotatable bonds is 4. The van der Waals surface area contributed by atoms with Gasteiger partial charge in [0, 0.05) is 22.2 Å². The molecule has 1 heterocycles.